The number of amides is 2. The highest BCUT2D eigenvalue weighted by molar-refractivity contribution is 6.34. The molecule has 25 heavy (non-hydrogen) atoms. The molecule has 0 fully saturated rings. The van der Waals surface area contributed by atoms with E-state index in [1.165, 1.54) is 0 Å². The molecule has 0 unspecified atom stereocenters. The summed E-state index contributed by atoms with van der Waals surface area (Å²) in [6.07, 6.45) is 0.263. The monoisotopic (exact) mass is 356 g/mol. The fourth-order valence-corrected chi connectivity index (χ4v) is 2.79. The van der Waals surface area contributed by atoms with Crippen molar-refractivity contribution in [1.82, 2.24) is 15.1 Å². The number of hydrogen-bond acceptors (Lipinski definition) is 3. The zero-order chi connectivity index (χ0) is 17.8. The Balaban J connectivity index is 1.62. The van der Waals surface area contributed by atoms with Gasteiger partial charge in [-0.1, -0.05) is 23.7 Å². The predicted octanol–water partition coefficient (Wildman–Crippen LogP) is 3.08. The number of anilines is 1. The molecule has 0 saturated heterocycles. The van der Waals surface area contributed by atoms with Crippen molar-refractivity contribution in [2.45, 2.75) is 13.0 Å². The Labute approximate surface area is 149 Å². The van der Waals surface area contributed by atoms with Crippen LogP contribution >= 0.6 is 11.6 Å². The van der Waals surface area contributed by atoms with E-state index in [1.54, 1.807) is 36.0 Å². The SMILES string of the molecule is CNC(=O)c1ccc(NC(=O)CCn2nc(Cl)c3ccccc32)cc1. The van der Waals surface area contributed by atoms with Gasteiger partial charge in [0.1, 0.15) is 0 Å². The quantitative estimate of drug-likeness (QED) is 0.737. The third kappa shape index (κ3) is 3.80. The fraction of sp³-hybridized carbons (Fsp3) is 0.167. The van der Waals surface area contributed by atoms with Crippen LogP contribution in [0.15, 0.2) is 48.5 Å². The number of carbonyl (C=O) groups is 2. The Hall–Kier alpha value is -2.86. The van der Waals surface area contributed by atoms with Crippen LogP contribution < -0.4 is 10.6 Å². The summed E-state index contributed by atoms with van der Waals surface area (Å²) < 4.78 is 1.73. The van der Waals surface area contributed by atoms with Crippen LogP contribution in [0.3, 0.4) is 0 Å². The van der Waals surface area contributed by atoms with Gasteiger partial charge in [-0.2, -0.15) is 5.10 Å². The van der Waals surface area contributed by atoms with E-state index < -0.39 is 0 Å². The second-order valence-electron chi connectivity index (χ2n) is 5.49. The molecule has 128 valence electrons. The first kappa shape index (κ1) is 17.0. The van der Waals surface area contributed by atoms with E-state index >= 15 is 0 Å². The van der Waals surface area contributed by atoms with E-state index in [0.29, 0.717) is 22.9 Å². The maximum Gasteiger partial charge on any atom is 0.251 e. The third-order valence-electron chi connectivity index (χ3n) is 3.82. The van der Waals surface area contributed by atoms with E-state index in [0.717, 1.165) is 10.9 Å². The molecule has 0 aliphatic carbocycles. The molecular weight excluding hydrogens is 340 g/mol. The number of aromatic nitrogens is 2. The first-order valence-corrected chi connectivity index (χ1v) is 8.19. The molecule has 3 rings (SSSR count). The summed E-state index contributed by atoms with van der Waals surface area (Å²) in [4.78, 5) is 23.6. The first-order chi connectivity index (χ1) is 12.1. The lowest BCUT2D eigenvalue weighted by Gasteiger charge is -2.07. The maximum absolute atomic E-state index is 12.1. The van der Waals surface area contributed by atoms with Gasteiger partial charge in [-0.15, -0.1) is 0 Å². The number of fused-ring (bicyclic) bond motifs is 1. The fourth-order valence-electron chi connectivity index (χ4n) is 2.54. The summed E-state index contributed by atoms with van der Waals surface area (Å²) in [6.45, 7) is 0.426. The lowest BCUT2D eigenvalue weighted by Crippen LogP contribution is -2.18. The third-order valence-corrected chi connectivity index (χ3v) is 4.10. The van der Waals surface area contributed by atoms with Gasteiger partial charge in [-0.05, 0) is 36.4 Å². The van der Waals surface area contributed by atoms with Crippen molar-refractivity contribution >= 4 is 40.0 Å². The lowest BCUT2D eigenvalue weighted by atomic mass is 10.2. The normalized spacial score (nSPS) is 10.6. The van der Waals surface area contributed by atoms with Gasteiger partial charge in [0.25, 0.3) is 5.91 Å². The van der Waals surface area contributed by atoms with Gasteiger partial charge in [-0.25, -0.2) is 0 Å². The van der Waals surface area contributed by atoms with Gasteiger partial charge in [0.05, 0.1) is 12.1 Å². The van der Waals surface area contributed by atoms with Crippen LogP contribution in [0.5, 0.6) is 0 Å². The average molecular weight is 357 g/mol. The topological polar surface area (TPSA) is 76.0 Å². The van der Waals surface area contributed by atoms with Crippen LogP contribution in [0.2, 0.25) is 5.15 Å². The average Bonchev–Trinajstić information content (AvgIpc) is 2.96. The van der Waals surface area contributed by atoms with Crippen LogP contribution in [0.4, 0.5) is 5.69 Å². The molecule has 2 N–H and O–H groups in total. The second-order valence-corrected chi connectivity index (χ2v) is 5.84. The van der Waals surface area contributed by atoms with E-state index in [1.807, 2.05) is 24.3 Å². The Bertz CT molecular complexity index is 918. The molecule has 0 spiro atoms. The highest BCUT2D eigenvalue weighted by atomic mass is 35.5. The Morgan fingerprint density at radius 3 is 2.56 bits per heavy atom. The van der Waals surface area contributed by atoms with Gasteiger partial charge in [-0.3, -0.25) is 14.3 Å². The van der Waals surface area contributed by atoms with Crippen molar-refractivity contribution in [2.24, 2.45) is 0 Å². The van der Waals surface area contributed by atoms with Crippen molar-refractivity contribution in [3.05, 3.63) is 59.2 Å². The minimum atomic E-state index is -0.166. The van der Waals surface area contributed by atoms with Crippen LogP contribution in [0.1, 0.15) is 16.8 Å². The molecule has 0 atom stereocenters. The van der Waals surface area contributed by atoms with E-state index in [-0.39, 0.29) is 18.2 Å². The number of carbonyl (C=O) groups excluding carboxylic acids is 2. The number of nitrogens with zero attached hydrogens (tertiary/aromatic N) is 2. The highest BCUT2D eigenvalue weighted by Gasteiger charge is 2.10. The van der Waals surface area contributed by atoms with Crippen molar-refractivity contribution in [3.8, 4) is 0 Å². The second kappa shape index (κ2) is 7.36. The molecule has 2 aromatic carbocycles. The lowest BCUT2D eigenvalue weighted by molar-refractivity contribution is -0.116. The summed E-state index contributed by atoms with van der Waals surface area (Å²) in [5.74, 6) is -0.302. The van der Waals surface area contributed by atoms with Crippen LogP contribution in [0, 0.1) is 0 Å². The van der Waals surface area contributed by atoms with E-state index in [9.17, 15) is 9.59 Å². The minimum Gasteiger partial charge on any atom is -0.355 e. The van der Waals surface area contributed by atoms with Crippen LogP contribution in [0.25, 0.3) is 10.9 Å². The largest absolute Gasteiger partial charge is 0.355 e. The summed E-state index contributed by atoms with van der Waals surface area (Å²) in [6, 6.07) is 14.3. The van der Waals surface area contributed by atoms with E-state index in [2.05, 4.69) is 15.7 Å². The Morgan fingerprint density at radius 1 is 1.12 bits per heavy atom. The molecule has 7 heteroatoms. The molecule has 0 radical (unpaired) electrons. The van der Waals surface area contributed by atoms with Gasteiger partial charge < -0.3 is 10.6 Å². The molecule has 3 aromatic rings. The van der Waals surface area contributed by atoms with E-state index in [4.69, 9.17) is 11.6 Å². The number of para-hydroxylation sites is 1. The molecular formula is C18H17ClN4O2. The van der Waals surface area contributed by atoms with Gasteiger partial charge >= 0.3 is 0 Å². The summed E-state index contributed by atoms with van der Waals surface area (Å²) in [7, 11) is 1.57. The van der Waals surface area contributed by atoms with Crippen molar-refractivity contribution in [2.75, 3.05) is 12.4 Å². The number of hydrogen-bond donors (Lipinski definition) is 2. The molecule has 0 bridgehead atoms. The van der Waals surface area contributed by atoms with Gasteiger partial charge in [0.2, 0.25) is 5.91 Å². The summed E-state index contributed by atoms with van der Waals surface area (Å²) in [5, 5.41) is 10.9. The number of halogens is 1. The molecule has 1 heterocycles. The molecule has 6 nitrogen and oxygen atoms in total. The van der Waals surface area contributed by atoms with Crippen LogP contribution in [-0.2, 0) is 11.3 Å². The van der Waals surface area contributed by atoms with Gasteiger partial charge in [0, 0.05) is 30.1 Å². The molecule has 1 aromatic heterocycles. The molecule has 0 aliphatic heterocycles. The number of nitrogens with one attached hydrogen (secondary N) is 2. The highest BCUT2D eigenvalue weighted by Crippen LogP contribution is 2.22. The first-order valence-electron chi connectivity index (χ1n) is 7.81. The number of aryl methyl sites for hydroxylation is 1. The molecule has 0 saturated carbocycles. The predicted molar refractivity (Wildman–Crippen MR) is 97.8 cm³/mol. The van der Waals surface area contributed by atoms with Crippen molar-refractivity contribution in [1.29, 1.82) is 0 Å². The minimum absolute atomic E-state index is 0.136. The summed E-state index contributed by atoms with van der Waals surface area (Å²) >= 11 is 6.11. The number of rotatable bonds is 5. The Morgan fingerprint density at radius 2 is 1.84 bits per heavy atom. The number of benzene rings is 2. The van der Waals surface area contributed by atoms with Crippen molar-refractivity contribution in [3.63, 3.8) is 0 Å². The summed E-state index contributed by atoms with van der Waals surface area (Å²) in [5.41, 5.74) is 2.08. The molecule has 0 aliphatic rings. The smallest absolute Gasteiger partial charge is 0.251 e. The van der Waals surface area contributed by atoms with Crippen molar-refractivity contribution < 1.29 is 9.59 Å². The zero-order valence-corrected chi connectivity index (χ0v) is 14.4. The standard InChI is InChI=1S/C18H17ClN4O2/c1-20-18(25)12-6-8-13(9-7-12)21-16(24)10-11-23-15-5-3-2-4-14(15)17(19)22-23/h2-9H,10-11H2,1H3,(H,20,25)(H,21,24). The zero-order valence-electron chi connectivity index (χ0n) is 13.6. The van der Waals surface area contributed by atoms with Gasteiger partial charge in [0.15, 0.2) is 5.15 Å². The molecule has 2 amide bonds. The van der Waals surface area contributed by atoms with Crippen LogP contribution in [-0.4, -0.2) is 28.6 Å². The Kier molecular flexibility index (Phi) is 5.00. The maximum atomic E-state index is 12.1.